The fraction of sp³-hybridized carbons (Fsp3) is 1.00. The van der Waals surface area contributed by atoms with Gasteiger partial charge >= 0.3 is 0 Å². The largest absolute Gasteiger partial charge is 0.313 e. The lowest BCUT2D eigenvalue weighted by Gasteiger charge is -2.42. The Morgan fingerprint density at radius 3 is 2.35 bits per heavy atom. The summed E-state index contributed by atoms with van der Waals surface area (Å²) in [5.41, 5.74) is 0.138. The zero-order chi connectivity index (χ0) is 15.6. The predicted octanol–water partition coefficient (Wildman–Crippen LogP) is 3.39. The normalized spacial score (nSPS) is 28.6. The number of rotatable bonds is 6. The van der Waals surface area contributed by atoms with Crippen LogP contribution in [0.1, 0.15) is 67.2 Å². The summed E-state index contributed by atoms with van der Waals surface area (Å²) < 4.78 is 25.9. The van der Waals surface area contributed by atoms with Crippen molar-refractivity contribution in [3.63, 3.8) is 0 Å². The van der Waals surface area contributed by atoms with Gasteiger partial charge in [-0.25, -0.2) is 8.42 Å². The van der Waals surface area contributed by atoms with E-state index in [1.807, 2.05) is 20.8 Å². The monoisotopic (exact) mass is 303 g/mol. The van der Waals surface area contributed by atoms with Gasteiger partial charge < -0.3 is 5.32 Å². The molecule has 0 radical (unpaired) electrons. The highest BCUT2D eigenvalue weighted by Gasteiger charge is 2.44. The topological polar surface area (TPSA) is 46.2 Å². The lowest BCUT2D eigenvalue weighted by atomic mass is 9.75. The summed E-state index contributed by atoms with van der Waals surface area (Å²) in [5.74, 6) is 0.178. The minimum atomic E-state index is -3.07. The minimum Gasteiger partial charge on any atom is -0.313 e. The van der Waals surface area contributed by atoms with Crippen LogP contribution in [0.25, 0.3) is 0 Å². The summed E-state index contributed by atoms with van der Waals surface area (Å²) in [5, 5.41) is 3.00. The second kappa shape index (κ2) is 6.78. The first-order chi connectivity index (χ1) is 9.12. The molecule has 1 rings (SSSR count). The molecule has 1 fully saturated rings. The highest BCUT2D eigenvalue weighted by Crippen LogP contribution is 2.39. The van der Waals surface area contributed by atoms with E-state index in [1.165, 1.54) is 0 Å². The SMILES string of the molecule is CCCNC1CCC(C)(C)CC1S(=O)(=O)C(C)C(C)C. The Hall–Kier alpha value is -0.0900. The van der Waals surface area contributed by atoms with Crippen molar-refractivity contribution in [2.24, 2.45) is 11.3 Å². The molecule has 0 amide bonds. The van der Waals surface area contributed by atoms with Crippen molar-refractivity contribution < 1.29 is 8.42 Å². The maximum atomic E-state index is 12.9. The molecule has 0 aromatic heterocycles. The van der Waals surface area contributed by atoms with Gasteiger partial charge in [0.15, 0.2) is 9.84 Å². The Labute approximate surface area is 125 Å². The van der Waals surface area contributed by atoms with Crippen LogP contribution in [0.3, 0.4) is 0 Å². The molecule has 4 heteroatoms. The molecular formula is C16H33NO2S. The molecule has 0 saturated heterocycles. The van der Waals surface area contributed by atoms with Gasteiger partial charge in [-0.1, -0.05) is 34.6 Å². The van der Waals surface area contributed by atoms with Crippen LogP contribution >= 0.6 is 0 Å². The molecule has 0 aromatic carbocycles. The van der Waals surface area contributed by atoms with Crippen LogP contribution in [0.5, 0.6) is 0 Å². The van der Waals surface area contributed by atoms with E-state index in [2.05, 4.69) is 26.1 Å². The second-order valence-electron chi connectivity index (χ2n) is 7.54. The third kappa shape index (κ3) is 4.20. The molecular weight excluding hydrogens is 270 g/mol. The second-order valence-corrected chi connectivity index (χ2v) is 10.1. The highest BCUT2D eigenvalue weighted by molar-refractivity contribution is 7.92. The van der Waals surface area contributed by atoms with E-state index in [0.29, 0.717) is 0 Å². The number of sulfone groups is 1. The van der Waals surface area contributed by atoms with E-state index in [9.17, 15) is 8.42 Å². The summed E-state index contributed by atoms with van der Waals surface area (Å²) in [6.07, 6.45) is 3.92. The lowest BCUT2D eigenvalue weighted by molar-refractivity contribution is 0.208. The van der Waals surface area contributed by atoms with Crippen LogP contribution in [-0.4, -0.2) is 31.5 Å². The van der Waals surface area contributed by atoms with E-state index >= 15 is 0 Å². The van der Waals surface area contributed by atoms with Gasteiger partial charge in [0.1, 0.15) is 0 Å². The van der Waals surface area contributed by atoms with Crippen LogP contribution in [0.2, 0.25) is 0 Å². The van der Waals surface area contributed by atoms with Crippen LogP contribution < -0.4 is 5.32 Å². The van der Waals surface area contributed by atoms with Crippen molar-refractivity contribution >= 4 is 9.84 Å². The first-order valence-corrected chi connectivity index (χ1v) is 9.69. The molecule has 20 heavy (non-hydrogen) atoms. The molecule has 0 bridgehead atoms. The number of hydrogen-bond donors (Lipinski definition) is 1. The molecule has 0 spiro atoms. The molecule has 3 atom stereocenters. The van der Waals surface area contributed by atoms with Crippen LogP contribution in [0.4, 0.5) is 0 Å². The summed E-state index contributed by atoms with van der Waals surface area (Å²) in [6, 6.07) is 0.133. The maximum absolute atomic E-state index is 12.9. The van der Waals surface area contributed by atoms with E-state index in [0.717, 1.165) is 32.2 Å². The van der Waals surface area contributed by atoms with Crippen molar-refractivity contribution in [2.75, 3.05) is 6.54 Å². The Bertz CT molecular complexity index is 401. The van der Waals surface area contributed by atoms with E-state index in [4.69, 9.17) is 0 Å². The summed E-state index contributed by atoms with van der Waals surface area (Å²) in [7, 11) is -3.07. The van der Waals surface area contributed by atoms with Crippen molar-refractivity contribution in [1.82, 2.24) is 5.32 Å². The lowest BCUT2D eigenvalue weighted by Crippen LogP contribution is -2.52. The Morgan fingerprint density at radius 1 is 1.25 bits per heavy atom. The average Bonchev–Trinajstić information content (AvgIpc) is 2.35. The van der Waals surface area contributed by atoms with E-state index in [1.54, 1.807) is 0 Å². The first-order valence-electron chi connectivity index (χ1n) is 8.08. The smallest absolute Gasteiger partial charge is 0.157 e. The Morgan fingerprint density at radius 2 is 1.85 bits per heavy atom. The Balaban J connectivity index is 2.99. The van der Waals surface area contributed by atoms with Crippen molar-refractivity contribution in [2.45, 2.75) is 83.8 Å². The quantitative estimate of drug-likeness (QED) is 0.818. The minimum absolute atomic E-state index is 0.133. The average molecular weight is 304 g/mol. The van der Waals surface area contributed by atoms with Gasteiger partial charge in [-0.2, -0.15) is 0 Å². The van der Waals surface area contributed by atoms with Crippen LogP contribution in [-0.2, 0) is 9.84 Å². The maximum Gasteiger partial charge on any atom is 0.157 e. The standard InChI is InChI=1S/C16H33NO2S/c1-7-10-17-14-8-9-16(5,6)11-15(14)20(18,19)13(4)12(2)3/h12-15,17H,7-11H2,1-6H3. The molecule has 1 aliphatic carbocycles. The van der Waals surface area contributed by atoms with Crippen molar-refractivity contribution in [3.05, 3.63) is 0 Å². The summed E-state index contributed by atoms with van der Waals surface area (Å²) in [6.45, 7) is 13.3. The molecule has 120 valence electrons. The molecule has 0 aromatic rings. The Kier molecular flexibility index (Phi) is 6.09. The molecule has 1 saturated carbocycles. The fourth-order valence-corrected chi connectivity index (χ4v) is 5.77. The van der Waals surface area contributed by atoms with Crippen molar-refractivity contribution in [3.8, 4) is 0 Å². The summed E-state index contributed by atoms with van der Waals surface area (Å²) in [4.78, 5) is 0. The van der Waals surface area contributed by atoms with Crippen LogP contribution in [0, 0.1) is 11.3 Å². The first kappa shape index (κ1) is 18.0. The zero-order valence-corrected chi connectivity index (χ0v) is 14.9. The number of hydrogen-bond acceptors (Lipinski definition) is 3. The third-order valence-electron chi connectivity index (χ3n) is 4.87. The van der Waals surface area contributed by atoms with Crippen molar-refractivity contribution in [1.29, 1.82) is 0 Å². The van der Waals surface area contributed by atoms with Gasteiger partial charge in [0, 0.05) is 6.04 Å². The molecule has 3 unspecified atom stereocenters. The molecule has 1 aliphatic rings. The number of nitrogens with one attached hydrogen (secondary N) is 1. The van der Waals surface area contributed by atoms with Gasteiger partial charge in [0.25, 0.3) is 0 Å². The van der Waals surface area contributed by atoms with Gasteiger partial charge in [0.2, 0.25) is 0 Å². The van der Waals surface area contributed by atoms with Gasteiger partial charge in [-0.05, 0) is 50.5 Å². The third-order valence-corrected chi connectivity index (χ3v) is 7.79. The summed E-state index contributed by atoms with van der Waals surface area (Å²) >= 11 is 0. The van der Waals surface area contributed by atoms with Gasteiger partial charge in [-0.3, -0.25) is 0 Å². The highest BCUT2D eigenvalue weighted by atomic mass is 32.2. The zero-order valence-electron chi connectivity index (χ0n) is 14.1. The molecule has 0 heterocycles. The fourth-order valence-electron chi connectivity index (χ4n) is 3.08. The molecule has 0 aliphatic heterocycles. The molecule has 3 nitrogen and oxygen atoms in total. The van der Waals surface area contributed by atoms with Crippen LogP contribution in [0.15, 0.2) is 0 Å². The van der Waals surface area contributed by atoms with Gasteiger partial charge in [-0.15, -0.1) is 0 Å². The van der Waals surface area contributed by atoms with Gasteiger partial charge in [0.05, 0.1) is 10.5 Å². The van der Waals surface area contributed by atoms with E-state index in [-0.39, 0.29) is 27.9 Å². The predicted molar refractivity (Wildman–Crippen MR) is 86.7 cm³/mol. The molecule has 1 N–H and O–H groups in total. The van der Waals surface area contributed by atoms with E-state index < -0.39 is 9.84 Å².